The third-order valence-electron chi connectivity index (χ3n) is 2.85. The topological polar surface area (TPSA) is 40.5 Å². The molecule has 1 fully saturated rings. The van der Waals surface area contributed by atoms with E-state index in [0.29, 0.717) is 0 Å². The van der Waals surface area contributed by atoms with Crippen LogP contribution in [0.15, 0.2) is 0 Å². The van der Waals surface area contributed by atoms with E-state index in [1.807, 2.05) is 6.92 Å². The Kier molecular flexibility index (Phi) is 5.20. The quantitative estimate of drug-likeness (QED) is 0.720. The normalized spacial score (nSPS) is 22.6. The Labute approximate surface area is 91.5 Å². The van der Waals surface area contributed by atoms with Crippen LogP contribution >= 0.6 is 0 Å². The zero-order valence-electron chi connectivity index (χ0n) is 9.33. The van der Waals surface area contributed by atoms with Crippen molar-refractivity contribution in [1.82, 2.24) is 4.90 Å². The Morgan fingerprint density at radius 3 is 2.93 bits per heavy atom. The molecule has 1 rings (SSSR count). The van der Waals surface area contributed by atoms with Crippen LogP contribution in [0, 0.1) is 11.8 Å². The van der Waals surface area contributed by atoms with Crippen molar-refractivity contribution in [2.24, 2.45) is 0 Å². The molecule has 1 N–H and O–H groups in total. The SMILES string of the molecule is CC#CCCN1CCCCCC1C(=O)O. The van der Waals surface area contributed by atoms with Gasteiger partial charge in [-0.15, -0.1) is 11.8 Å². The first-order valence-corrected chi connectivity index (χ1v) is 5.62. The Hall–Kier alpha value is -1.01. The summed E-state index contributed by atoms with van der Waals surface area (Å²) in [4.78, 5) is 13.1. The molecule has 0 radical (unpaired) electrons. The summed E-state index contributed by atoms with van der Waals surface area (Å²) in [6.45, 7) is 3.51. The highest BCUT2D eigenvalue weighted by atomic mass is 16.4. The Balaban J connectivity index is 2.52. The first-order chi connectivity index (χ1) is 7.25. The van der Waals surface area contributed by atoms with Crippen LogP contribution in [0.1, 0.15) is 39.0 Å². The lowest BCUT2D eigenvalue weighted by Crippen LogP contribution is -2.41. The van der Waals surface area contributed by atoms with Crippen LogP contribution in [0.3, 0.4) is 0 Å². The van der Waals surface area contributed by atoms with Gasteiger partial charge in [-0.3, -0.25) is 9.69 Å². The maximum absolute atomic E-state index is 11.1. The highest BCUT2D eigenvalue weighted by Crippen LogP contribution is 2.17. The van der Waals surface area contributed by atoms with E-state index in [1.165, 1.54) is 0 Å². The summed E-state index contributed by atoms with van der Waals surface area (Å²) >= 11 is 0. The second-order valence-corrected chi connectivity index (χ2v) is 3.92. The van der Waals surface area contributed by atoms with Gasteiger partial charge in [-0.2, -0.15) is 0 Å². The summed E-state index contributed by atoms with van der Waals surface area (Å²) in [6.07, 6.45) is 4.87. The van der Waals surface area contributed by atoms with Crippen LogP contribution in [0.4, 0.5) is 0 Å². The molecule has 1 aliphatic heterocycles. The zero-order chi connectivity index (χ0) is 11.1. The van der Waals surface area contributed by atoms with E-state index in [1.54, 1.807) is 0 Å². The Bertz CT molecular complexity index is 265. The van der Waals surface area contributed by atoms with Crippen LogP contribution in [0.5, 0.6) is 0 Å². The number of rotatable bonds is 3. The molecule has 0 aromatic carbocycles. The fraction of sp³-hybridized carbons (Fsp3) is 0.750. The number of likely N-dealkylation sites (tertiary alicyclic amines) is 1. The largest absolute Gasteiger partial charge is 0.480 e. The van der Waals surface area contributed by atoms with E-state index in [9.17, 15) is 4.79 Å². The predicted molar refractivity (Wildman–Crippen MR) is 59.5 cm³/mol. The summed E-state index contributed by atoms with van der Waals surface area (Å²) in [7, 11) is 0. The second kappa shape index (κ2) is 6.47. The van der Waals surface area contributed by atoms with E-state index in [0.717, 1.165) is 45.2 Å². The van der Waals surface area contributed by atoms with Crippen molar-refractivity contribution in [3.8, 4) is 11.8 Å². The van der Waals surface area contributed by atoms with E-state index in [4.69, 9.17) is 5.11 Å². The summed E-state index contributed by atoms with van der Waals surface area (Å²) < 4.78 is 0. The van der Waals surface area contributed by atoms with Crippen molar-refractivity contribution in [3.63, 3.8) is 0 Å². The number of carboxylic acid groups (broad SMARTS) is 1. The van der Waals surface area contributed by atoms with Crippen molar-refractivity contribution in [2.75, 3.05) is 13.1 Å². The van der Waals surface area contributed by atoms with Gasteiger partial charge in [0.25, 0.3) is 0 Å². The molecule has 1 aliphatic rings. The first-order valence-electron chi connectivity index (χ1n) is 5.62. The third-order valence-corrected chi connectivity index (χ3v) is 2.85. The molecule has 84 valence electrons. The van der Waals surface area contributed by atoms with Gasteiger partial charge < -0.3 is 5.11 Å². The van der Waals surface area contributed by atoms with Crippen LogP contribution in [0.25, 0.3) is 0 Å². The van der Waals surface area contributed by atoms with Crippen molar-refractivity contribution in [3.05, 3.63) is 0 Å². The number of carboxylic acids is 1. The summed E-state index contributed by atoms with van der Waals surface area (Å²) in [6, 6.07) is -0.286. The van der Waals surface area contributed by atoms with E-state index >= 15 is 0 Å². The Morgan fingerprint density at radius 2 is 2.27 bits per heavy atom. The van der Waals surface area contributed by atoms with Crippen LogP contribution in [0.2, 0.25) is 0 Å². The number of hydrogen-bond donors (Lipinski definition) is 1. The van der Waals surface area contributed by atoms with Gasteiger partial charge >= 0.3 is 5.97 Å². The van der Waals surface area contributed by atoms with Crippen LogP contribution in [-0.4, -0.2) is 35.1 Å². The standard InChI is InChI=1S/C12H19NO2/c1-2-3-6-9-13-10-7-4-5-8-11(13)12(14)15/h11H,4-10H2,1H3,(H,14,15). The molecule has 1 saturated heterocycles. The molecule has 0 saturated carbocycles. The zero-order valence-corrected chi connectivity index (χ0v) is 9.33. The molecule has 0 aliphatic carbocycles. The lowest BCUT2D eigenvalue weighted by molar-refractivity contribution is -0.143. The summed E-state index contributed by atoms with van der Waals surface area (Å²) in [5.41, 5.74) is 0. The number of carbonyl (C=O) groups is 1. The molecule has 0 spiro atoms. The van der Waals surface area contributed by atoms with Gasteiger partial charge in [0.15, 0.2) is 0 Å². The average Bonchev–Trinajstić information content (AvgIpc) is 2.43. The van der Waals surface area contributed by atoms with Crippen LogP contribution < -0.4 is 0 Å². The van der Waals surface area contributed by atoms with Crippen molar-refractivity contribution in [2.45, 2.75) is 45.1 Å². The van der Waals surface area contributed by atoms with Crippen molar-refractivity contribution < 1.29 is 9.90 Å². The van der Waals surface area contributed by atoms with Crippen molar-refractivity contribution in [1.29, 1.82) is 0 Å². The molecule has 1 heterocycles. The molecule has 3 heteroatoms. The molecular formula is C12H19NO2. The Morgan fingerprint density at radius 1 is 1.47 bits per heavy atom. The van der Waals surface area contributed by atoms with E-state index in [2.05, 4.69) is 16.7 Å². The van der Waals surface area contributed by atoms with Gasteiger partial charge in [0.05, 0.1) is 0 Å². The summed E-state index contributed by atoms with van der Waals surface area (Å²) in [5, 5.41) is 9.11. The smallest absolute Gasteiger partial charge is 0.320 e. The molecule has 3 nitrogen and oxygen atoms in total. The number of nitrogens with zero attached hydrogens (tertiary/aromatic N) is 1. The minimum Gasteiger partial charge on any atom is -0.480 e. The fourth-order valence-corrected chi connectivity index (χ4v) is 2.04. The third kappa shape index (κ3) is 3.93. The molecule has 0 bridgehead atoms. The first kappa shape index (κ1) is 12.1. The molecular weight excluding hydrogens is 190 g/mol. The molecule has 15 heavy (non-hydrogen) atoms. The number of aliphatic carboxylic acids is 1. The van der Waals surface area contributed by atoms with E-state index in [-0.39, 0.29) is 6.04 Å². The van der Waals surface area contributed by atoms with Crippen LogP contribution in [-0.2, 0) is 4.79 Å². The van der Waals surface area contributed by atoms with Crippen molar-refractivity contribution >= 4 is 5.97 Å². The maximum atomic E-state index is 11.1. The average molecular weight is 209 g/mol. The van der Waals surface area contributed by atoms with Gasteiger partial charge in [-0.05, 0) is 26.3 Å². The molecule has 0 aromatic heterocycles. The lowest BCUT2D eigenvalue weighted by atomic mass is 10.1. The fourth-order valence-electron chi connectivity index (χ4n) is 2.04. The molecule has 1 unspecified atom stereocenters. The predicted octanol–water partition coefficient (Wildman–Crippen LogP) is 1.73. The molecule has 0 aromatic rings. The molecule has 1 atom stereocenters. The van der Waals surface area contributed by atoms with E-state index < -0.39 is 5.97 Å². The van der Waals surface area contributed by atoms with Gasteiger partial charge in [-0.25, -0.2) is 0 Å². The molecule has 0 amide bonds. The summed E-state index contributed by atoms with van der Waals surface area (Å²) in [5.74, 6) is 5.15. The van der Waals surface area contributed by atoms with Gasteiger partial charge in [0.2, 0.25) is 0 Å². The second-order valence-electron chi connectivity index (χ2n) is 3.92. The van der Waals surface area contributed by atoms with Gasteiger partial charge in [0, 0.05) is 13.0 Å². The minimum atomic E-state index is -0.679. The van der Waals surface area contributed by atoms with Gasteiger partial charge in [0.1, 0.15) is 6.04 Å². The highest BCUT2D eigenvalue weighted by Gasteiger charge is 2.26. The minimum absolute atomic E-state index is 0.286. The lowest BCUT2D eigenvalue weighted by Gasteiger charge is -2.25. The number of hydrogen-bond acceptors (Lipinski definition) is 2. The van der Waals surface area contributed by atoms with Gasteiger partial charge in [-0.1, -0.05) is 12.8 Å². The highest BCUT2D eigenvalue weighted by molar-refractivity contribution is 5.73. The maximum Gasteiger partial charge on any atom is 0.320 e. The monoisotopic (exact) mass is 209 g/mol.